The van der Waals surface area contributed by atoms with Crippen molar-refractivity contribution < 1.29 is 28.8 Å². The van der Waals surface area contributed by atoms with Crippen molar-refractivity contribution in [2.24, 2.45) is 0 Å². The van der Waals surface area contributed by atoms with Crippen LogP contribution < -0.4 is 4.74 Å². The van der Waals surface area contributed by atoms with E-state index in [0.29, 0.717) is 0 Å². The highest BCUT2D eigenvalue weighted by atomic mass is 16.7. The minimum absolute atomic E-state index is 0.0579. The number of unbranched alkanes of at least 4 members (excludes halogenated alkanes) is 1. The van der Waals surface area contributed by atoms with Gasteiger partial charge >= 0.3 is 12.3 Å². The second kappa shape index (κ2) is 14.5. The minimum Gasteiger partial charge on any atom is -0.431 e. The topological polar surface area (TPSA) is 113 Å². The van der Waals surface area contributed by atoms with Crippen LogP contribution in [0.4, 0.5) is 10.5 Å². The fraction of sp³-hybridized carbons (Fsp3) is 0.364. The van der Waals surface area contributed by atoms with Gasteiger partial charge in [-0.2, -0.15) is 9.59 Å². The van der Waals surface area contributed by atoms with Crippen LogP contribution in [0.15, 0.2) is 54.6 Å². The van der Waals surface area contributed by atoms with Gasteiger partial charge in [-0.05, 0) is 43.4 Å². The van der Waals surface area contributed by atoms with Crippen molar-refractivity contribution in [3.05, 3.63) is 70.3 Å². The van der Waals surface area contributed by atoms with Gasteiger partial charge in [-0.3, -0.25) is 10.1 Å². The average molecular weight is 415 g/mol. The van der Waals surface area contributed by atoms with Crippen molar-refractivity contribution in [1.82, 2.24) is 0 Å². The van der Waals surface area contributed by atoms with E-state index in [0.717, 1.165) is 38.5 Å². The quantitative estimate of drug-likeness (QED) is 0.229. The van der Waals surface area contributed by atoms with Gasteiger partial charge in [0, 0.05) is 12.1 Å². The van der Waals surface area contributed by atoms with Gasteiger partial charge in [0.2, 0.25) is 0 Å². The smallest absolute Gasteiger partial charge is 0.431 e. The first-order valence-electron chi connectivity index (χ1n) is 9.66. The number of rotatable bonds is 10. The molecular formula is C22H25NO7. The molecule has 0 aliphatic heterocycles. The molecule has 0 spiro atoms. The maximum absolute atomic E-state index is 12.1. The summed E-state index contributed by atoms with van der Waals surface area (Å²) < 4.78 is 10.6. The molecule has 0 saturated heterocycles. The zero-order valence-electron chi connectivity index (χ0n) is 16.8. The Morgan fingerprint density at radius 1 is 1.03 bits per heavy atom. The van der Waals surface area contributed by atoms with Gasteiger partial charge in [-0.1, -0.05) is 50.1 Å². The van der Waals surface area contributed by atoms with Crippen molar-refractivity contribution in [1.29, 1.82) is 0 Å². The summed E-state index contributed by atoms with van der Waals surface area (Å²) in [6.45, 7) is 2.09. The number of nitro benzene ring substituents is 1. The van der Waals surface area contributed by atoms with Crippen LogP contribution in [0.2, 0.25) is 0 Å². The summed E-state index contributed by atoms with van der Waals surface area (Å²) in [5.74, 6) is 0.226. The Kier molecular flexibility index (Phi) is 11.8. The summed E-state index contributed by atoms with van der Waals surface area (Å²) in [5, 5.41) is 10.7. The summed E-state index contributed by atoms with van der Waals surface area (Å²) in [6, 6.07) is 15.5. The summed E-state index contributed by atoms with van der Waals surface area (Å²) >= 11 is 0. The lowest BCUT2D eigenvalue weighted by Gasteiger charge is -2.17. The molecule has 0 aliphatic carbocycles. The van der Waals surface area contributed by atoms with E-state index in [1.807, 2.05) is 18.2 Å². The first-order chi connectivity index (χ1) is 14.5. The number of carbonyl (C=O) groups excluding carboxylic acids is 3. The Morgan fingerprint density at radius 2 is 1.63 bits per heavy atom. The summed E-state index contributed by atoms with van der Waals surface area (Å²) in [5.41, 5.74) is 1.21. The molecule has 0 fully saturated rings. The molecule has 0 radical (unpaired) electrons. The molecule has 1 atom stereocenters. The zero-order valence-corrected chi connectivity index (χ0v) is 16.8. The number of carbonyl (C=O) groups is 1. The number of ether oxygens (including phenoxy) is 2. The molecule has 0 bridgehead atoms. The Hall–Kier alpha value is -3.51. The number of non-ortho nitro benzene ring substituents is 1. The van der Waals surface area contributed by atoms with Crippen LogP contribution in [0.3, 0.4) is 0 Å². The molecule has 2 rings (SSSR count). The largest absolute Gasteiger partial charge is 0.514 e. The predicted molar refractivity (Wildman–Crippen MR) is 108 cm³/mol. The Labute approximate surface area is 175 Å². The van der Waals surface area contributed by atoms with Crippen molar-refractivity contribution >= 4 is 18.0 Å². The van der Waals surface area contributed by atoms with E-state index in [1.165, 1.54) is 29.8 Å². The summed E-state index contributed by atoms with van der Waals surface area (Å²) in [6.07, 6.45) is 4.69. The SMILES string of the molecule is CCCCC(CCCc1ccccc1)OC(=O)Oc1ccc([N+](=O)[O-])cc1.O=C=O. The molecule has 2 aromatic rings. The van der Waals surface area contributed by atoms with Gasteiger partial charge < -0.3 is 9.47 Å². The maximum Gasteiger partial charge on any atom is 0.514 e. The highest BCUT2D eigenvalue weighted by molar-refractivity contribution is 5.64. The fourth-order valence-electron chi connectivity index (χ4n) is 2.76. The lowest BCUT2D eigenvalue weighted by atomic mass is 10.0. The second-order valence-electron chi connectivity index (χ2n) is 6.45. The van der Waals surface area contributed by atoms with Crippen molar-refractivity contribution in [2.45, 2.75) is 51.6 Å². The molecule has 8 heteroatoms. The van der Waals surface area contributed by atoms with Gasteiger partial charge in [0.25, 0.3) is 5.69 Å². The third-order valence-electron chi connectivity index (χ3n) is 4.23. The number of nitro groups is 1. The van der Waals surface area contributed by atoms with Gasteiger partial charge in [-0.25, -0.2) is 4.79 Å². The standard InChI is InChI=1S/C21H25NO5.CO2/c1-2-3-11-19(12-7-10-17-8-5-4-6-9-17)26-21(23)27-20-15-13-18(14-16-20)22(24)25;2-1-3/h4-6,8-9,13-16,19H,2-3,7,10-12H2,1H3;. The van der Waals surface area contributed by atoms with E-state index < -0.39 is 11.1 Å². The second-order valence-corrected chi connectivity index (χ2v) is 6.45. The summed E-state index contributed by atoms with van der Waals surface area (Å²) in [4.78, 5) is 38.5. The molecule has 0 aliphatic rings. The van der Waals surface area contributed by atoms with Crippen molar-refractivity contribution in [3.63, 3.8) is 0 Å². The van der Waals surface area contributed by atoms with Crippen LogP contribution >= 0.6 is 0 Å². The molecule has 8 nitrogen and oxygen atoms in total. The highest BCUT2D eigenvalue weighted by Gasteiger charge is 2.16. The fourth-order valence-corrected chi connectivity index (χ4v) is 2.76. The molecule has 30 heavy (non-hydrogen) atoms. The van der Waals surface area contributed by atoms with E-state index in [2.05, 4.69) is 19.1 Å². The van der Waals surface area contributed by atoms with Crippen LogP contribution in [-0.4, -0.2) is 23.3 Å². The lowest BCUT2D eigenvalue weighted by molar-refractivity contribution is -0.384. The molecule has 0 heterocycles. The minimum atomic E-state index is -0.773. The van der Waals surface area contributed by atoms with Gasteiger partial charge in [0.15, 0.2) is 0 Å². The van der Waals surface area contributed by atoms with E-state index in [4.69, 9.17) is 19.1 Å². The molecule has 2 aromatic carbocycles. The number of aryl methyl sites for hydroxylation is 1. The highest BCUT2D eigenvalue weighted by Crippen LogP contribution is 2.19. The van der Waals surface area contributed by atoms with Crippen molar-refractivity contribution in [2.75, 3.05) is 0 Å². The molecule has 0 saturated carbocycles. The lowest BCUT2D eigenvalue weighted by Crippen LogP contribution is -2.21. The van der Waals surface area contributed by atoms with Crippen molar-refractivity contribution in [3.8, 4) is 5.75 Å². The van der Waals surface area contributed by atoms with Crippen LogP contribution in [-0.2, 0) is 20.7 Å². The summed E-state index contributed by atoms with van der Waals surface area (Å²) in [7, 11) is 0. The molecule has 0 N–H and O–H groups in total. The maximum atomic E-state index is 12.1. The zero-order chi connectivity index (χ0) is 22.2. The number of hydrogen-bond donors (Lipinski definition) is 0. The van der Waals surface area contributed by atoms with E-state index in [-0.39, 0.29) is 23.7 Å². The first kappa shape index (κ1) is 24.5. The molecule has 0 amide bonds. The monoisotopic (exact) mass is 415 g/mol. The number of benzene rings is 2. The van der Waals surface area contributed by atoms with Gasteiger partial charge in [-0.15, -0.1) is 0 Å². The number of nitrogens with zero attached hydrogens (tertiary/aromatic N) is 1. The first-order valence-corrected chi connectivity index (χ1v) is 9.66. The van der Waals surface area contributed by atoms with Crippen LogP contribution in [0.25, 0.3) is 0 Å². The van der Waals surface area contributed by atoms with Crippen LogP contribution in [0.1, 0.15) is 44.6 Å². The van der Waals surface area contributed by atoms with E-state index in [1.54, 1.807) is 0 Å². The Bertz CT molecular complexity index is 800. The van der Waals surface area contributed by atoms with E-state index >= 15 is 0 Å². The normalized spacial score (nSPS) is 10.7. The van der Waals surface area contributed by atoms with E-state index in [9.17, 15) is 14.9 Å². The number of hydrogen-bond acceptors (Lipinski definition) is 7. The molecular weight excluding hydrogens is 390 g/mol. The van der Waals surface area contributed by atoms with Gasteiger partial charge in [0.05, 0.1) is 4.92 Å². The third-order valence-corrected chi connectivity index (χ3v) is 4.23. The molecule has 0 aromatic heterocycles. The predicted octanol–water partition coefficient (Wildman–Crippen LogP) is 5.11. The molecule has 160 valence electrons. The molecule has 1 unspecified atom stereocenters. The van der Waals surface area contributed by atoms with Gasteiger partial charge in [0.1, 0.15) is 11.9 Å². The third kappa shape index (κ3) is 10.1. The van der Waals surface area contributed by atoms with Crippen LogP contribution in [0, 0.1) is 10.1 Å². The average Bonchev–Trinajstić information content (AvgIpc) is 2.73. The Morgan fingerprint density at radius 3 is 2.20 bits per heavy atom. The Balaban J connectivity index is 0.00000141. The van der Waals surface area contributed by atoms with Crippen LogP contribution in [0.5, 0.6) is 5.75 Å².